The van der Waals surface area contributed by atoms with Crippen LogP contribution < -0.4 is 5.32 Å². The maximum atomic E-state index is 11.6. The molecule has 0 unspecified atom stereocenters. The highest BCUT2D eigenvalue weighted by atomic mass is 32.2. The van der Waals surface area contributed by atoms with Crippen molar-refractivity contribution in [2.45, 2.75) is 46.1 Å². The van der Waals surface area contributed by atoms with Crippen LogP contribution in [0.3, 0.4) is 0 Å². The van der Waals surface area contributed by atoms with Gasteiger partial charge in [0, 0.05) is 17.2 Å². The maximum Gasteiger partial charge on any atom is 0.194 e. The molecule has 14 heavy (non-hydrogen) atoms. The van der Waals surface area contributed by atoms with Gasteiger partial charge in [0.1, 0.15) is 0 Å². The van der Waals surface area contributed by atoms with Crippen LogP contribution in [0.5, 0.6) is 0 Å². The van der Waals surface area contributed by atoms with E-state index in [4.69, 9.17) is 0 Å². The topological polar surface area (TPSA) is 29.1 Å². The Hall–Kier alpha value is -0.0200. The van der Waals surface area contributed by atoms with Crippen LogP contribution in [0.4, 0.5) is 0 Å². The Balaban J connectivity index is 2.11. The monoisotopic (exact) mass is 215 g/mol. The van der Waals surface area contributed by atoms with Gasteiger partial charge < -0.3 is 5.32 Å². The second kappa shape index (κ2) is 5.17. The lowest BCUT2D eigenvalue weighted by Gasteiger charge is -2.16. The standard InChI is InChI=1S/C11H21NOS/c1-11(2,3)10(13)14-8-6-9-5-4-7-12-9/h9,12H,4-8H2,1-3H3/t9-/m0/s1. The van der Waals surface area contributed by atoms with E-state index in [1.807, 2.05) is 20.8 Å². The van der Waals surface area contributed by atoms with Gasteiger partial charge in [0.2, 0.25) is 0 Å². The lowest BCUT2D eigenvalue weighted by atomic mass is 10.00. The molecule has 1 saturated heterocycles. The molecule has 82 valence electrons. The van der Waals surface area contributed by atoms with Crippen molar-refractivity contribution < 1.29 is 4.79 Å². The van der Waals surface area contributed by atoms with Gasteiger partial charge in [-0.2, -0.15) is 0 Å². The first-order chi connectivity index (χ1) is 6.50. The van der Waals surface area contributed by atoms with Gasteiger partial charge in [-0.1, -0.05) is 32.5 Å². The molecule has 3 heteroatoms. The molecule has 1 atom stereocenters. The van der Waals surface area contributed by atoms with Crippen molar-refractivity contribution >= 4 is 16.9 Å². The van der Waals surface area contributed by atoms with Crippen molar-refractivity contribution in [1.29, 1.82) is 0 Å². The van der Waals surface area contributed by atoms with Crippen molar-refractivity contribution in [3.63, 3.8) is 0 Å². The van der Waals surface area contributed by atoms with E-state index in [-0.39, 0.29) is 5.41 Å². The summed E-state index contributed by atoms with van der Waals surface area (Å²) in [6, 6.07) is 0.662. The average Bonchev–Trinajstić information content (AvgIpc) is 2.55. The summed E-state index contributed by atoms with van der Waals surface area (Å²) in [4.78, 5) is 11.6. The predicted molar refractivity (Wildman–Crippen MR) is 62.6 cm³/mol. The van der Waals surface area contributed by atoms with Crippen molar-refractivity contribution in [1.82, 2.24) is 5.32 Å². The van der Waals surface area contributed by atoms with Crippen LogP contribution in [0.15, 0.2) is 0 Å². The SMILES string of the molecule is CC(C)(C)C(=O)SCC[C@@H]1CCCN1. The van der Waals surface area contributed by atoms with Crippen LogP contribution in [0.2, 0.25) is 0 Å². The van der Waals surface area contributed by atoms with Gasteiger partial charge >= 0.3 is 0 Å². The molecule has 1 rings (SSSR count). The first-order valence-corrected chi connectivity index (χ1v) is 6.39. The molecule has 1 heterocycles. The van der Waals surface area contributed by atoms with Crippen LogP contribution in [0.25, 0.3) is 0 Å². The summed E-state index contributed by atoms with van der Waals surface area (Å²) in [5.41, 5.74) is -0.187. The molecular formula is C11H21NOS. The Morgan fingerprint density at radius 3 is 2.71 bits per heavy atom. The Labute approximate surface area is 91.2 Å². The Morgan fingerprint density at radius 1 is 1.50 bits per heavy atom. The molecule has 2 nitrogen and oxygen atoms in total. The minimum absolute atomic E-state index is 0.187. The number of rotatable bonds is 3. The minimum Gasteiger partial charge on any atom is -0.314 e. The van der Waals surface area contributed by atoms with E-state index in [1.165, 1.54) is 24.6 Å². The van der Waals surface area contributed by atoms with Crippen molar-refractivity contribution in [2.24, 2.45) is 5.41 Å². The van der Waals surface area contributed by atoms with Gasteiger partial charge in [-0.15, -0.1) is 0 Å². The van der Waals surface area contributed by atoms with Crippen LogP contribution >= 0.6 is 11.8 Å². The van der Waals surface area contributed by atoms with Gasteiger partial charge in [-0.05, 0) is 25.8 Å². The first-order valence-electron chi connectivity index (χ1n) is 5.41. The molecule has 0 saturated carbocycles. The van der Waals surface area contributed by atoms with E-state index in [1.54, 1.807) is 0 Å². The molecule has 1 fully saturated rings. The molecule has 0 bridgehead atoms. The highest BCUT2D eigenvalue weighted by Crippen LogP contribution is 2.24. The first kappa shape index (κ1) is 12.1. The van der Waals surface area contributed by atoms with Crippen molar-refractivity contribution in [2.75, 3.05) is 12.3 Å². The Morgan fingerprint density at radius 2 is 2.21 bits per heavy atom. The summed E-state index contributed by atoms with van der Waals surface area (Å²) in [5, 5.41) is 3.76. The van der Waals surface area contributed by atoms with Crippen molar-refractivity contribution in [3.8, 4) is 0 Å². The zero-order chi connectivity index (χ0) is 10.6. The van der Waals surface area contributed by atoms with E-state index in [9.17, 15) is 4.79 Å². The van der Waals surface area contributed by atoms with Crippen LogP contribution in [0, 0.1) is 5.41 Å². The largest absolute Gasteiger partial charge is 0.314 e. The van der Waals surface area contributed by atoms with Gasteiger partial charge in [-0.3, -0.25) is 4.79 Å². The highest BCUT2D eigenvalue weighted by Gasteiger charge is 2.22. The molecular weight excluding hydrogens is 194 g/mol. The third-order valence-electron chi connectivity index (χ3n) is 2.47. The second-order valence-electron chi connectivity index (χ2n) is 4.97. The summed E-state index contributed by atoms with van der Waals surface area (Å²) in [5.74, 6) is 0.966. The van der Waals surface area contributed by atoms with E-state index in [0.29, 0.717) is 11.2 Å². The van der Waals surface area contributed by atoms with E-state index in [0.717, 1.165) is 18.7 Å². The molecule has 1 aliphatic rings. The molecule has 0 aromatic heterocycles. The molecule has 0 aliphatic carbocycles. The fraction of sp³-hybridized carbons (Fsp3) is 0.909. The Kier molecular flexibility index (Phi) is 4.45. The zero-order valence-corrected chi connectivity index (χ0v) is 10.2. The van der Waals surface area contributed by atoms with Crippen LogP contribution in [0.1, 0.15) is 40.0 Å². The van der Waals surface area contributed by atoms with Gasteiger partial charge in [0.15, 0.2) is 5.12 Å². The smallest absolute Gasteiger partial charge is 0.194 e. The number of carbonyl (C=O) groups excluding carboxylic acids is 1. The number of hydrogen-bond donors (Lipinski definition) is 1. The fourth-order valence-electron chi connectivity index (χ4n) is 1.51. The Bertz CT molecular complexity index is 192. The van der Waals surface area contributed by atoms with E-state index >= 15 is 0 Å². The van der Waals surface area contributed by atoms with Crippen LogP contribution in [-0.2, 0) is 4.79 Å². The van der Waals surface area contributed by atoms with E-state index < -0.39 is 0 Å². The van der Waals surface area contributed by atoms with E-state index in [2.05, 4.69) is 5.32 Å². The van der Waals surface area contributed by atoms with Gasteiger partial charge in [-0.25, -0.2) is 0 Å². The predicted octanol–water partition coefficient (Wildman–Crippen LogP) is 2.43. The van der Waals surface area contributed by atoms with Gasteiger partial charge in [0.05, 0.1) is 0 Å². The lowest BCUT2D eigenvalue weighted by Crippen LogP contribution is -2.23. The third kappa shape index (κ3) is 4.01. The molecule has 0 radical (unpaired) electrons. The van der Waals surface area contributed by atoms with Crippen molar-refractivity contribution in [3.05, 3.63) is 0 Å². The summed E-state index contributed by atoms with van der Waals surface area (Å²) < 4.78 is 0. The average molecular weight is 215 g/mol. The van der Waals surface area contributed by atoms with Crippen LogP contribution in [-0.4, -0.2) is 23.5 Å². The fourth-order valence-corrected chi connectivity index (χ4v) is 2.53. The normalized spacial score (nSPS) is 22.6. The molecule has 0 spiro atoms. The summed E-state index contributed by atoms with van der Waals surface area (Å²) in [6.07, 6.45) is 3.71. The molecule has 0 aromatic rings. The highest BCUT2D eigenvalue weighted by molar-refractivity contribution is 8.13. The number of thioether (sulfide) groups is 1. The second-order valence-corrected chi connectivity index (χ2v) is 6.04. The molecule has 0 aromatic carbocycles. The van der Waals surface area contributed by atoms with Gasteiger partial charge in [0.25, 0.3) is 0 Å². The third-order valence-corrected chi connectivity index (χ3v) is 3.79. The summed E-state index contributed by atoms with van der Waals surface area (Å²) >= 11 is 1.49. The summed E-state index contributed by atoms with van der Waals surface area (Å²) in [7, 11) is 0. The quantitative estimate of drug-likeness (QED) is 0.784. The molecule has 1 N–H and O–H groups in total. The molecule has 0 amide bonds. The zero-order valence-electron chi connectivity index (χ0n) is 9.43. The minimum atomic E-state index is -0.187. The number of nitrogens with one attached hydrogen (secondary N) is 1. The maximum absolute atomic E-state index is 11.6. The molecule has 1 aliphatic heterocycles. The number of hydrogen-bond acceptors (Lipinski definition) is 3. The summed E-state index contributed by atoms with van der Waals surface area (Å²) in [6.45, 7) is 7.10. The lowest BCUT2D eigenvalue weighted by molar-refractivity contribution is -0.117. The number of carbonyl (C=O) groups is 1.